The summed E-state index contributed by atoms with van der Waals surface area (Å²) in [5.74, 6) is 0. The predicted octanol–water partition coefficient (Wildman–Crippen LogP) is 4.36. The maximum Gasteiger partial charge on any atom is 0.178 e. The van der Waals surface area contributed by atoms with Gasteiger partial charge >= 0.3 is 0 Å². The van der Waals surface area contributed by atoms with Gasteiger partial charge in [-0.15, -0.1) is 0 Å². The fourth-order valence-electron chi connectivity index (χ4n) is 0.910. The Labute approximate surface area is 112 Å². The molecule has 0 amide bonds. The second-order valence-corrected chi connectivity index (χ2v) is 6.51. The fraction of sp³-hybridized carbons (Fsp3) is 0.143. The molecule has 0 radical (unpaired) electrons. The van der Waals surface area contributed by atoms with Crippen LogP contribution in [0.5, 0.6) is 0 Å². The molecule has 0 heterocycles. The summed E-state index contributed by atoms with van der Waals surface area (Å²) in [7, 11) is -3.62. The number of sulfone groups is 1. The van der Waals surface area contributed by atoms with Crippen molar-refractivity contribution in [3.8, 4) is 0 Å². The van der Waals surface area contributed by atoms with Gasteiger partial charge in [0.15, 0.2) is 9.84 Å². The van der Waals surface area contributed by atoms with E-state index in [2.05, 4.69) is 0 Å². The first-order valence-electron chi connectivity index (χ1n) is 3.39. The van der Waals surface area contributed by atoms with E-state index in [4.69, 9.17) is 58.0 Å². The molecule has 0 atom stereocenters. The molecule has 0 bridgehead atoms. The minimum absolute atomic E-state index is 0.0688. The van der Waals surface area contributed by atoms with Gasteiger partial charge in [0.05, 0.1) is 25.1 Å². The normalized spacial score (nSPS) is 11.9. The van der Waals surface area contributed by atoms with E-state index in [1.165, 1.54) is 0 Å². The van der Waals surface area contributed by atoms with Crippen molar-refractivity contribution < 1.29 is 8.42 Å². The van der Waals surface area contributed by atoms with E-state index in [9.17, 15) is 8.42 Å². The number of hydrogen-bond donors (Lipinski definition) is 0. The summed E-state index contributed by atoms with van der Waals surface area (Å²) in [4.78, 5) is -0.315. The molecule has 1 aromatic rings. The van der Waals surface area contributed by atoms with E-state index < -0.39 is 9.84 Å². The smallest absolute Gasteiger partial charge is 0.178 e. The molecular formula is C7H3Cl5O2S. The summed E-state index contributed by atoms with van der Waals surface area (Å²) >= 11 is 28.5. The third kappa shape index (κ3) is 2.48. The molecule has 0 fully saturated rings. The van der Waals surface area contributed by atoms with E-state index in [1.54, 1.807) is 0 Å². The Bertz CT molecular complexity index is 494. The van der Waals surface area contributed by atoms with E-state index in [-0.39, 0.29) is 30.0 Å². The van der Waals surface area contributed by atoms with Crippen molar-refractivity contribution in [2.45, 2.75) is 4.90 Å². The standard InChI is InChI=1S/C7H3Cl5O2S/c1-15(13,14)7-5(11)3(9)2(8)4(10)6(7)12/h1H3. The molecule has 84 valence electrons. The largest absolute Gasteiger partial charge is 0.224 e. The van der Waals surface area contributed by atoms with Gasteiger partial charge < -0.3 is 0 Å². The Morgan fingerprint density at radius 3 is 1.27 bits per heavy atom. The van der Waals surface area contributed by atoms with Crippen molar-refractivity contribution >= 4 is 67.8 Å². The number of hydrogen-bond acceptors (Lipinski definition) is 2. The molecule has 0 spiro atoms. The van der Waals surface area contributed by atoms with E-state index in [0.717, 1.165) is 6.26 Å². The van der Waals surface area contributed by atoms with Gasteiger partial charge in [0.1, 0.15) is 4.90 Å². The molecule has 15 heavy (non-hydrogen) atoms. The van der Waals surface area contributed by atoms with Crippen molar-refractivity contribution in [2.75, 3.05) is 6.26 Å². The molecule has 0 aliphatic heterocycles. The highest BCUT2D eigenvalue weighted by molar-refractivity contribution is 7.91. The molecule has 0 unspecified atom stereocenters. The third-order valence-corrected chi connectivity index (χ3v) is 5.19. The molecule has 0 saturated heterocycles. The lowest BCUT2D eigenvalue weighted by Crippen LogP contribution is -2.00. The SMILES string of the molecule is CS(=O)(=O)c1c(Cl)c(Cl)c(Cl)c(Cl)c1Cl. The zero-order chi connectivity index (χ0) is 12.0. The minimum atomic E-state index is -3.62. The van der Waals surface area contributed by atoms with Crippen LogP contribution >= 0.6 is 58.0 Å². The Hall–Kier alpha value is 0.620. The summed E-state index contributed by atoms with van der Waals surface area (Å²) in [6.07, 6.45) is 0.945. The first kappa shape index (κ1) is 13.7. The maximum absolute atomic E-state index is 11.4. The van der Waals surface area contributed by atoms with Gasteiger partial charge in [-0.05, 0) is 0 Å². The number of rotatable bonds is 1. The predicted molar refractivity (Wildman–Crippen MR) is 64.6 cm³/mol. The summed E-state index contributed by atoms with van der Waals surface area (Å²) in [5.41, 5.74) is 0. The van der Waals surface area contributed by atoms with Crippen molar-refractivity contribution in [2.24, 2.45) is 0 Å². The minimum Gasteiger partial charge on any atom is -0.224 e. The van der Waals surface area contributed by atoms with Gasteiger partial charge in [0.25, 0.3) is 0 Å². The average molecular weight is 328 g/mol. The van der Waals surface area contributed by atoms with Gasteiger partial charge in [0, 0.05) is 6.26 Å². The molecule has 0 N–H and O–H groups in total. The van der Waals surface area contributed by atoms with Crippen LogP contribution in [0.3, 0.4) is 0 Å². The monoisotopic (exact) mass is 326 g/mol. The van der Waals surface area contributed by atoms with Crippen LogP contribution in [0.4, 0.5) is 0 Å². The summed E-state index contributed by atoms with van der Waals surface area (Å²) in [5, 5.41) is -0.779. The van der Waals surface area contributed by atoms with Gasteiger partial charge in [-0.25, -0.2) is 8.42 Å². The van der Waals surface area contributed by atoms with Crippen molar-refractivity contribution in [3.05, 3.63) is 25.1 Å². The molecule has 8 heteroatoms. The molecule has 2 nitrogen and oxygen atoms in total. The van der Waals surface area contributed by atoms with Crippen LogP contribution in [0.2, 0.25) is 25.1 Å². The maximum atomic E-state index is 11.4. The van der Waals surface area contributed by atoms with Crippen LogP contribution in [0.1, 0.15) is 0 Å². The Kier molecular flexibility index (Phi) is 4.08. The highest BCUT2D eigenvalue weighted by Crippen LogP contribution is 2.45. The Morgan fingerprint density at radius 1 is 0.733 bits per heavy atom. The molecule has 1 rings (SSSR count). The third-order valence-electron chi connectivity index (χ3n) is 1.54. The molecule has 1 aromatic carbocycles. The second kappa shape index (κ2) is 4.47. The lowest BCUT2D eigenvalue weighted by Gasteiger charge is -2.10. The van der Waals surface area contributed by atoms with Crippen LogP contribution < -0.4 is 0 Å². The molecular weight excluding hydrogens is 325 g/mol. The second-order valence-electron chi connectivity index (χ2n) is 2.67. The molecule has 0 aliphatic rings. The first-order valence-corrected chi connectivity index (χ1v) is 7.17. The van der Waals surface area contributed by atoms with Crippen molar-refractivity contribution in [3.63, 3.8) is 0 Å². The van der Waals surface area contributed by atoms with Gasteiger partial charge in [-0.1, -0.05) is 58.0 Å². The van der Waals surface area contributed by atoms with E-state index >= 15 is 0 Å². The highest BCUT2D eigenvalue weighted by Gasteiger charge is 2.25. The van der Waals surface area contributed by atoms with E-state index in [1.807, 2.05) is 0 Å². The average Bonchev–Trinajstić information content (AvgIpc) is 2.09. The number of benzene rings is 1. The zero-order valence-corrected chi connectivity index (χ0v) is 11.7. The van der Waals surface area contributed by atoms with Gasteiger partial charge in [0.2, 0.25) is 0 Å². The topological polar surface area (TPSA) is 34.1 Å². The number of halogens is 5. The first-order chi connectivity index (χ1) is 6.68. The van der Waals surface area contributed by atoms with Gasteiger partial charge in [-0.2, -0.15) is 0 Å². The fourth-order valence-corrected chi connectivity index (χ4v) is 3.86. The van der Waals surface area contributed by atoms with Crippen LogP contribution in [0.15, 0.2) is 4.90 Å². The summed E-state index contributed by atoms with van der Waals surface area (Å²) in [6, 6.07) is 0. The van der Waals surface area contributed by atoms with Crippen LogP contribution in [-0.2, 0) is 9.84 Å². The lowest BCUT2D eigenvalue weighted by molar-refractivity contribution is 0.602. The quantitative estimate of drug-likeness (QED) is 0.567. The van der Waals surface area contributed by atoms with Crippen molar-refractivity contribution in [1.29, 1.82) is 0 Å². The molecule has 0 saturated carbocycles. The van der Waals surface area contributed by atoms with Crippen LogP contribution in [0.25, 0.3) is 0 Å². The Morgan fingerprint density at radius 2 is 1.00 bits per heavy atom. The highest BCUT2D eigenvalue weighted by atomic mass is 35.5. The molecule has 0 aliphatic carbocycles. The summed E-state index contributed by atoms with van der Waals surface area (Å²) in [6.45, 7) is 0. The van der Waals surface area contributed by atoms with Crippen LogP contribution in [-0.4, -0.2) is 14.7 Å². The van der Waals surface area contributed by atoms with Crippen LogP contribution in [0, 0.1) is 0 Å². The van der Waals surface area contributed by atoms with Crippen molar-refractivity contribution in [1.82, 2.24) is 0 Å². The van der Waals surface area contributed by atoms with Gasteiger partial charge in [-0.3, -0.25) is 0 Å². The summed E-state index contributed by atoms with van der Waals surface area (Å²) < 4.78 is 22.7. The van der Waals surface area contributed by atoms with E-state index in [0.29, 0.717) is 0 Å². The Balaban J connectivity index is 3.84. The molecule has 0 aromatic heterocycles. The lowest BCUT2D eigenvalue weighted by atomic mass is 10.3. The zero-order valence-electron chi connectivity index (χ0n) is 7.11.